The molecule has 3 aromatic heterocycles. The molecule has 4 heterocycles. The lowest BCUT2D eigenvalue weighted by Crippen LogP contribution is -2.47. The number of piperidine rings is 1. The van der Waals surface area contributed by atoms with Gasteiger partial charge in [0, 0.05) is 36.7 Å². The minimum Gasteiger partial charge on any atom is -0.471 e. The van der Waals surface area contributed by atoms with Crippen LogP contribution in [0.2, 0.25) is 0 Å². The average Bonchev–Trinajstić information content (AvgIpc) is 3.25. The van der Waals surface area contributed by atoms with Crippen LogP contribution < -0.4 is 10.1 Å². The summed E-state index contributed by atoms with van der Waals surface area (Å²) in [7, 11) is 0. The number of aromatic nitrogens is 4. The fourth-order valence-electron chi connectivity index (χ4n) is 4.12. The molecule has 13 heteroatoms. The number of hydrogen-bond acceptors (Lipinski definition) is 8. The van der Waals surface area contributed by atoms with E-state index in [4.69, 9.17) is 4.74 Å². The van der Waals surface area contributed by atoms with Gasteiger partial charge in [0.25, 0.3) is 5.91 Å². The first-order valence-electron chi connectivity index (χ1n) is 12.3. The smallest absolute Gasteiger partial charge is 0.434 e. The van der Waals surface area contributed by atoms with Gasteiger partial charge in [-0.15, -0.1) is 0 Å². The first kappa shape index (κ1) is 27.8. The van der Waals surface area contributed by atoms with Gasteiger partial charge in [-0.3, -0.25) is 9.78 Å². The number of amides is 1. The van der Waals surface area contributed by atoms with Crippen LogP contribution in [0.15, 0.2) is 30.7 Å². The Morgan fingerprint density at radius 1 is 1.21 bits per heavy atom. The van der Waals surface area contributed by atoms with Gasteiger partial charge in [-0.25, -0.2) is 14.4 Å². The third-order valence-corrected chi connectivity index (χ3v) is 7.09. The van der Waals surface area contributed by atoms with E-state index in [1.54, 1.807) is 19.1 Å². The molecule has 0 spiro atoms. The largest absolute Gasteiger partial charge is 0.471 e. The number of carbonyl (C=O) groups excluding carboxylic acids is 1. The summed E-state index contributed by atoms with van der Waals surface area (Å²) in [5.41, 5.74) is 0.390. The molecule has 0 aromatic carbocycles. The maximum atomic E-state index is 14.6. The van der Waals surface area contributed by atoms with E-state index in [1.807, 2.05) is 0 Å². The van der Waals surface area contributed by atoms with E-state index in [9.17, 15) is 22.4 Å². The summed E-state index contributed by atoms with van der Waals surface area (Å²) >= 11 is 1.07. The summed E-state index contributed by atoms with van der Waals surface area (Å²) in [6.07, 6.45) is -0.346. The predicted octanol–water partition coefficient (Wildman–Crippen LogP) is 5.09. The van der Waals surface area contributed by atoms with E-state index >= 15 is 0 Å². The van der Waals surface area contributed by atoms with Gasteiger partial charge < -0.3 is 15.0 Å². The van der Waals surface area contributed by atoms with Crippen LogP contribution in [0.4, 0.5) is 23.2 Å². The lowest BCUT2D eigenvalue weighted by atomic mass is 10.1. The molecule has 4 rings (SSSR count). The third kappa shape index (κ3) is 7.01. The van der Waals surface area contributed by atoms with Gasteiger partial charge in [-0.1, -0.05) is 13.3 Å². The van der Waals surface area contributed by atoms with Crippen LogP contribution in [0.25, 0.3) is 0 Å². The molecule has 3 aromatic rings. The number of anilines is 1. The van der Waals surface area contributed by atoms with Gasteiger partial charge in [0.1, 0.15) is 12.3 Å². The molecular weight excluding hydrogens is 524 g/mol. The van der Waals surface area contributed by atoms with Crippen LogP contribution in [-0.4, -0.2) is 62.0 Å². The second kappa shape index (κ2) is 12.1. The first-order valence-corrected chi connectivity index (χ1v) is 13.0. The van der Waals surface area contributed by atoms with Crippen molar-refractivity contribution >= 4 is 23.1 Å². The molecule has 1 fully saturated rings. The van der Waals surface area contributed by atoms with Gasteiger partial charge in [-0.05, 0) is 43.9 Å². The van der Waals surface area contributed by atoms with Gasteiger partial charge in [0.2, 0.25) is 5.88 Å². The molecule has 0 bridgehead atoms. The zero-order valence-electron chi connectivity index (χ0n) is 21.0. The van der Waals surface area contributed by atoms with Crippen LogP contribution in [0.3, 0.4) is 0 Å². The molecule has 2 atom stereocenters. The highest BCUT2D eigenvalue weighted by Gasteiger charge is 2.33. The van der Waals surface area contributed by atoms with Crippen LogP contribution in [0.1, 0.15) is 58.5 Å². The lowest BCUT2D eigenvalue weighted by Gasteiger charge is -2.34. The number of nitrogens with one attached hydrogen (secondary N) is 1. The number of hydrogen-bond donors (Lipinski definition) is 1. The number of ether oxygens (including phenoxy) is 1. The van der Waals surface area contributed by atoms with Crippen molar-refractivity contribution in [3.63, 3.8) is 0 Å². The van der Waals surface area contributed by atoms with Crippen molar-refractivity contribution in [2.45, 2.75) is 58.0 Å². The van der Waals surface area contributed by atoms with Crippen molar-refractivity contribution in [1.82, 2.24) is 24.2 Å². The number of carbonyl (C=O) groups is 1. The highest BCUT2D eigenvalue weighted by molar-refractivity contribution is 7.06. The van der Waals surface area contributed by atoms with E-state index in [0.29, 0.717) is 41.0 Å². The number of alkyl halides is 4. The first-order chi connectivity index (χ1) is 18.1. The molecule has 0 aliphatic carbocycles. The quantitative estimate of drug-likeness (QED) is 0.370. The summed E-state index contributed by atoms with van der Waals surface area (Å²) in [6.45, 7) is 5.77. The molecule has 8 nitrogen and oxygen atoms in total. The summed E-state index contributed by atoms with van der Waals surface area (Å²) < 4.78 is 62.8. The van der Waals surface area contributed by atoms with E-state index in [1.165, 1.54) is 6.20 Å². The molecule has 0 radical (unpaired) electrons. The Labute approximate surface area is 221 Å². The number of unbranched alkanes of at least 4 members (excludes halogenated alkanes) is 1. The Morgan fingerprint density at radius 3 is 2.66 bits per heavy atom. The molecular formula is C25H28F4N6O2S. The number of pyridine rings is 1. The average molecular weight is 553 g/mol. The Morgan fingerprint density at radius 2 is 2.03 bits per heavy atom. The number of likely N-dealkylation sites (tertiary alicyclic amines) is 1. The van der Waals surface area contributed by atoms with Crippen molar-refractivity contribution in [3.05, 3.63) is 58.2 Å². The number of nitrogens with zero attached hydrogens (tertiary/aromatic N) is 5. The Balaban J connectivity index is 1.35. The highest BCUT2D eigenvalue weighted by Crippen LogP contribution is 2.28. The van der Waals surface area contributed by atoms with Gasteiger partial charge in [-0.2, -0.15) is 17.5 Å². The van der Waals surface area contributed by atoms with Gasteiger partial charge >= 0.3 is 6.18 Å². The second-order valence-electron chi connectivity index (χ2n) is 9.09. The standard InChI is InChI=1S/C25H28F4N6O2S/c1-3-4-8-35-9-7-19(18(26)14-35)37-22-6-5-16(11-32-22)33-24(36)23-15(2)34-38-20(23)10-17-12-31-21(13-30-17)25(27,28)29/h5-6,11-13,18-19H,3-4,7-10,14H2,1-2H3,(H,33,36)/t18-,19+/m1/s1. The molecule has 0 unspecified atom stereocenters. The molecule has 1 aliphatic rings. The molecule has 1 aliphatic heterocycles. The molecule has 1 N–H and O–H groups in total. The fourth-order valence-corrected chi connectivity index (χ4v) is 5.00. The monoisotopic (exact) mass is 552 g/mol. The molecule has 38 heavy (non-hydrogen) atoms. The van der Waals surface area contributed by atoms with E-state index in [2.05, 4.69) is 36.5 Å². The van der Waals surface area contributed by atoms with E-state index < -0.39 is 30.1 Å². The summed E-state index contributed by atoms with van der Waals surface area (Å²) in [4.78, 5) is 27.1. The predicted molar refractivity (Wildman–Crippen MR) is 134 cm³/mol. The molecule has 1 saturated heterocycles. The fraction of sp³-hybridized carbons (Fsp3) is 0.480. The number of aryl methyl sites for hydroxylation is 1. The van der Waals surface area contributed by atoms with Crippen molar-refractivity contribution in [1.29, 1.82) is 0 Å². The van der Waals surface area contributed by atoms with Gasteiger partial charge in [0.15, 0.2) is 5.69 Å². The van der Waals surface area contributed by atoms with Crippen molar-refractivity contribution in [2.24, 2.45) is 0 Å². The Hall–Kier alpha value is -3.19. The van der Waals surface area contributed by atoms with Crippen molar-refractivity contribution < 1.29 is 27.1 Å². The van der Waals surface area contributed by atoms with Crippen molar-refractivity contribution in [3.8, 4) is 5.88 Å². The van der Waals surface area contributed by atoms with Crippen molar-refractivity contribution in [2.75, 3.05) is 25.0 Å². The minimum atomic E-state index is -4.58. The van der Waals surface area contributed by atoms with E-state index in [-0.39, 0.29) is 18.0 Å². The Kier molecular flexibility index (Phi) is 8.87. The normalized spacial score (nSPS) is 18.4. The zero-order valence-corrected chi connectivity index (χ0v) is 21.8. The van der Waals surface area contributed by atoms with Crippen LogP contribution >= 0.6 is 11.5 Å². The lowest BCUT2D eigenvalue weighted by molar-refractivity contribution is -0.141. The van der Waals surface area contributed by atoms with E-state index in [0.717, 1.165) is 43.7 Å². The SMILES string of the molecule is CCCCN1CC[C@H](Oc2ccc(NC(=O)c3c(C)nsc3Cc3cnc(C(F)(F)F)cn3)cn2)[C@H](F)C1. The zero-order chi connectivity index (χ0) is 27.3. The number of rotatable bonds is 9. The summed E-state index contributed by atoms with van der Waals surface area (Å²) in [6, 6.07) is 3.18. The summed E-state index contributed by atoms with van der Waals surface area (Å²) in [5.74, 6) is -0.169. The third-order valence-electron chi connectivity index (χ3n) is 6.16. The van der Waals surface area contributed by atoms with Crippen LogP contribution in [0, 0.1) is 6.92 Å². The van der Waals surface area contributed by atoms with Gasteiger partial charge in [0.05, 0.1) is 35.0 Å². The maximum Gasteiger partial charge on any atom is 0.434 e. The minimum absolute atomic E-state index is 0.103. The molecule has 1 amide bonds. The Bertz CT molecular complexity index is 1220. The summed E-state index contributed by atoms with van der Waals surface area (Å²) in [5, 5.41) is 2.75. The highest BCUT2D eigenvalue weighted by atomic mass is 32.1. The molecule has 204 valence electrons. The topological polar surface area (TPSA) is 93.1 Å². The number of halogens is 4. The van der Waals surface area contributed by atoms with Crippen LogP contribution in [-0.2, 0) is 12.6 Å². The van der Waals surface area contributed by atoms with Crippen LogP contribution in [0.5, 0.6) is 5.88 Å². The second-order valence-corrected chi connectivity index (χ2v) is 9.95. The molecule has 0 saturated carbocycles. The maximum absolute atomic E-state index is 14.6.